The van der Waals surface area contributed by atoms with Gasteiger partial charge in [-0.3, -0.25) is 4.40 Å². The lowest BCUT2D eigenvalue weighted by Crippen LogP contribution is -1.82. The van der Waals surface area contributed by atoms with Crippen molar-refractivity contribution in [2.24, 2.45) is 10.2 Å². The molecule has 25 heavy (non-hydrogen) atoms. The number of azo groups is 1. The Morgan fingerprint density at radius 1 is 0.920 bits per heavy atom. The number of hydrogen-bond donors (Lipinski definition) is 0. The SMILES string of the molecule is Fc1ccc(-c2nc3ccccn3c2N=Nc2cccc(Cl)c2)cc1. The first kappa shape index (κ1) is 15.5. The number of hydrogen-bond acceptors (Lipinski definition) is 3. The summed E-state index contributed by atoms with van der Waals surface area (Å²) in [5, 5.41) is 9.24. The lowest BCUT2D eigenvalue weighted by atomic mass is 10.1. The van der Waals surface area contributed by atoms with Crippen LogP contribution in [0, 0.1) is 5.82 Å². The summed E-state index contributed by atoms with van der Waals surface area (Å²) in [6.07, 6.45) is 1.86. The molecule has 4 aromatic rings. The van der Waals surface area contributed by atoms with Gasteiger partial charge in [0.25, 0.3) is 0 Å². The van der Waals surface area contributed by atoms with Crippen LogP contribution in [-0.2, 0) is 0 Å². The second-order valence-corrected chi connectivity index (χ2v) is 5.84. The van der Waals surface area contributed by atoms with Crippen LogP contribution in [0.5, 0.6) is 0 Å². The predicted molar refractivity (Wildman–Crippen MR) is 96.2 cm³/mol. The molecule has 0 radical (unpaired) electrons. The van der Waals surface area contributed by atoms with Crippen LogP contribution in [0.15, 0.2) is 83.2 Å². The van der Waals surface area contributed by atoms with Gasteiger partial charge in [0.2, 0.25) is 0 Å². The van der Waals surface area contributed by atoms with E-state index in [-0.39, 0.29) is 5.82 Å². The number of aromatic nitrogens is 2. The Balaban J connectivity index is 1.86. The topological polar surface area (TPSA) is 42.0 Å². The summed E-state index contributed by atoms with van der Waals surface area (Å²) in [5.74, 6) is 0.275. The minimum Gasteiger partial charge on any atom is -0.283 e. The molecular formula is C19H12ClFN4. The second-order valence-electron chi connectivity index (χ2n) is 5.40. The number of imidazole rings is 1. The maximum absolute atomic E-state index is 13.2. The fourth-order valence-corrected chi connectivity index (χ4v) is 2.71. The molecule has 0 saturated heterocycles. The molecule has 122 valence electrons. The van der Waals surface area contributed by atoms with Gasteiger partial charge in [0.15, 0.2) is 5.82 Å². The molecule has 6 heteroatoms. The fraction of sp³-hybridized carbons (Fsp3) is 0. The van der Waals surface area contributed by atoms with Gasteiger partial charge in [-0.25, -0.2) is 9.37 Å². The zero-order valence-corrected chi connectivity index (χ0v) is 13.7. The van der Waals surface area contributed by atoms with E-state index in [1.54, 1.807) is 24.3 Å². The van der Waals surface area contributed by atoms with Gasteiger partial charge in [-0.1, -0.05) is 23.7 Å². The summed E-state index contributed by atoms with van der Waals surface area (Å²) < 4.78 is 15.1. The molecule has 0 amide bonds. The third-order valence-electron chi connectivity index (χ3n) is 3.69. The van der Waals surface area contributed by atoms with Crippen LogP contribution in [-0.4, -0.2) is 9.38 Å². The van der Waals surface area contributed by atoms with E-state index in [2.05, 4.69) is 15.2 Å². The molecule has 4 rings (SSSR count). The summed E-state index contributed by atoms with van der Waals surface area (Å²) in [6.45, 7) is 0. The van der Waals surface area contributed by atoms with Crippen molar-refractivity contribution >= 4 is 28.8 Å². The van der Waals surface area contributed by atoms with E-state index in [4.69, 9.17) is 11.6 Å². The molecule has 2 aromatic heterocycles. The number of pyridine rings is 1. The van der Waals surface area contributed by atoms with Crippen molar-refractivity contribution in [1.82, 2.24) is 9.38 Å². The maximum atomic E-state index is 13.2. The van der Waals surface area contributed by atoms with Crippen molar-refractivity contribution in [2.75, 3.05) is 0 Å². The average Bonchev–Trinajstić information content (AvgIpc) is 2.99. The monoisotopic (exact) mass is 350 g/mol. The molecular weight excluding hydrogens is 339 g/mol. The predicted octanol–water partition coefficient (Wildman–Crippen LogP) is 6.21. The third-order valence-corrected chi connectivity index (χ3v) is 3.93. The number of rotatable bonds is 3. The molecule has 0 N–H and O–H groups in total. The Kier molecular flexibility index (Phi) is 3.99. The lowest BCUT2D eigenvalue weighted by Gasteiger charge is -2.00. The van der Waals surface area contributed by atoms with E-state index < -0.39 is 0 Å². The molecule has 0 fully saturated rings. The Bertz CT molecular complexity index is 1070. The molecule has 0 atom stereocenters. The van der Waals surface area contributed by atoms with Gasteiger partial charge in [0.1, 0.15) is 17.2 Å². The van der Waals surface area contributed by atoms with Crippen molar-refractivity contribution < 1.29 is 4.39 Å². The third kappa shape index (κ3) is 3.14. The summed E-state index contributed by atoms with van der Waals surface area (Å²) >= 11 is 5.99. The van der Waals surface area contributed by atoms with Crippen LogP contribution >= 0.6 is 11.6 Å². The Morgan fingerprint density at radius 2 is 1.76 bits per heavy atom. The largest absolute Gasteiger partial charge is 0.283 e. The summed E-state index contributed by atoms with van der Waals surface area (Å²) in [6, 6.07) is 19.0. The van der Waals surface area contributed by atoms with Crippen molar-refractivity contribution in [3.05, 3.63) is 83.8 Å². The Hall–Kier alpha value is -3.05. The van der Waals surface area contributed by atoms with Crippen LogP contribution < -0.4 is 0 Å². The van der Waals surface area contributed by atoms with Crippen molar-refractivity contribution in [3.63, 3.8) is 0 Å². The minimum atomic E-state index is -0.297. The van der Waals surface area contributed by atoms with Crippen LogP contribution in [0.1, 0.15) is 0 Å². The molecule has 4 nitrogen and oxygen atoms in total. The number of fused-ring (bicyclic) bond motifs is 1. The average molecular weight is 351 g/mol. The zero-order chi connectivity index (χ0) is 17.2. The van der Waals surface area contributed by atoms with E-state index in [1.165, 1.54) is 12.1 Å². The van der Waals surface area contributed by atoms with Crippen molar-refractivity contribution in [1.29, 1.82) is 0 Å². The maximum Gasteiger partial charge on any atom is 0.187 e. The van der Waals surface area contributed by atoms with E-state index in [0.29, 0.717) is 22.2 Å². The minimum absolute atomic E-state index is 0.297. The fourth-order valence-electron chi connectivity index (χ4n) is 2.52. The number of benzene rings is 2. The molecule has 0 bridgehead atoms. The van der Waals surface area contributed by atoms with Gasteiger partial charge in [0.05, 0.1) is 5.69 Å². The van der Waals surface area contributed by atoms with Gasteiger partial charge in [-0.05, 0) is 54.6 Å². The van der Waals surface area contributed by atoms with Gasteiger partial charge < -0.3 is 0 Å². The normalized spacial score (nSPS) is 11.4. The molecule has 0 aliphatic heterocycles. The quantitative estimate of drug-likeness (QED) is 0.405. The first-order valence-electron chi connectivity index (χ1n) is 7.61. The lowest BCUT2D eigenvalue weighted by molar-refractivity contribution is 0.628. The molecule has 0 aliphatic carbocycles. The van der Waals surface area contributed by atoms with Gasteiger partial charge in [-0.15, -0.1) is 10.2 Å². The number of halogens is 2. The second kappa shape index (κ2) is 6.45. The Labute approximate surface area is 148 Å². The van der Waals surface area contributed by atoms with Crippen molar-refractivity contribution in [2.45, 2.75) is 0 Å². The summed E-state index contributed by atoms with van der Waals surface area (Å²) in [7, 11) is 0. The molecule has 0 spiro atoms. The molecule has 2 heterocycles. The highest BCUT2D eigenvalue weighted by molar-refractivity contribution is 6.30. The van der Waals surface area contributed by atoms with E-state index in [1.807, 2.05) is 40.9 Å². The summed E-state index contributed by atoms with van der Waals surface area (Å²) in [5.41, 5.74) is 2.78. The molecule has 2 aromatic carbocycles. The summed E-state index contributed by atoms with van der Waals surface area (Å²) in [4.78, 5) is 4.60. The highest BCUT2D eigenvalue weighted by atomic mass is 35.5. The van der Waals surface area contributed by atoms with Gasteiger partial charge in [-0.2, -0.15) is 0 Å². The van der Waals surface area contributed by atoms with E-state index in [0.717, 1.165) is 11.2 Å². The molecule has 0 unspecified atom stereocenters. The first-order chi connectivity index (χ1) is 12.2. The Morgan fingerprint density at radius 3 is 2.56 bits per heavy atom. The smallest absolute Gasteiger partial charge is 0.187 e. The van der Waals surface area contributed by atoms with E-state index in [9.17, 15) is 4.39 Å². The molecule has 0 saturated carbocycles. The van der Waals surface area contributed by atoms with Gasteiger partial charge >= 0.3 is 0 Å². The molecule has 0 aliphatic rings. The number of nitrogens with zero attached hydrogens (tertiary/aromatic N) is 4. The first-order valence-corrected chi connectivity index (χ1v) is 7.99. The van der Waals surface area contributed by atoms with Crippen LogP contribution in [0.3, 0.4) is 0 Å². The standard InChI is InChI=1S/C19H12ClFN4/c20-14-4-3-5-16(12-14)23-24-19-18(13-7-9-15(21)10-8-13)22-17-6-1-2-11-25(17)19/h1-12H. The highest BCUT2D eigenvalue weighted by Crippen LogP contribution is 2.32. The van der Waals surface area contributed by atoms with Crippen molar-refractivity contribution in [3.8, 4) is 11.3 Å². The van der Waals surface area contributed by atoms with Crippen LogP contribution in [0.25, 0.3) is 16.9 Å². The van der Waals surface area contributed by atoms with E-state index >= 15 is 0 Å². The van der Waals surface area contributed by atoms with Crippen LogP contribution in [0.4, 0.5) is 15.9 Å². The van der Waals surface area contributed by atoms with Gasteiger partial charge in [0, 0.05) is 16.8 Å². The highest BCUT2D eigenvalue weighted by Gasteiger charge is 2.13. The van der Waals surface area contributed by atoms with Crippen LogP contribution in [0.2, 0.25) is 5.02 Å². The zero-order valence-electron chi connectivity index (χ0n) is 13.0.